The highest BCUT2D eigenvalue weighted by Gasteiger charge is 2.09. The second-order valence-corrected chi connectivity index (χ2v) is 3.98. The number of aromatic nitrogens is 1. The van der Waals surface area contributed by atoms with Crippen LogP contribution in [0.2, 0.25) is 0 Å². The Morgan fingerprint density at radius 1 is 1.31 bits per heavy atom. The molecule has 0 aliphatic rings. The first-order valence-corrected chi connectivity index (χ1v) is 4.82. The monoisotopic (exact) mass is 193 g/mol. The highest BCUT2D eigenvalue weighted by atomic mass is 35.5. The van der Waals surface area contributed by atoms with E-state index in [1.165, 1.54) is 16.5 Å². The lowest BCUT2D eigenvalue weighted by Gasteiger charge is -1.98. The van der Waals surface area contributed by atoms with Crippen LogP contribution in [0.5, 0.6) is 0 Å². The molecule has 13 heavy (non-hydrogen) atoms. The van der Waals surface area contributed by atoms with Crippen molar-refractivity contribution in [2.45, 2.75) is 12.3 Å². The van der Waals surface area contributed by atoms with Crippen LogP contribution in [0.25, 0.3) is 10.9 Å². The summed E-state index contributed by atoms with van der Waals surface area (Å²) in [6.45, 7) is 2.00. The molecule has 2 heteroatoms. The third kappa shape index (κ3) is 1.33. The second-order valence-electron chi connectivity index (χ2n) is 3.33. The first kappa shape index (κ1) is 8.64. The largest absolute Gasteiger partial charge is 0.350 e. The van der Waals surface area contributed by atoms with E-state index in [1.807, 2.05) is 26.1 Å². The molecule has 1 heterocycles. The van der Waals surface area contributed by atoms with Gasteiger partial charge in [-0.3, -0.25) is 0 Å². The number of halogens is 1. The standard InChI is InChI=1S/C11H12ClN/c1-8(12)10-7-13(2)11-6-4-3-5-9(10)11/h3-8H,1-2H3. The van der Waals surface area contributed by atoms with Gasteiger partial charge in [0.2, 0.25) is 0 Å². The van der Waals surface area contributed by atoms with E-state index in [0.29, 0.717) is 0 Å². The molecule has 1 atom stereocenters. The molecule has 1 aromatic heterocycles. The number of benzene rings is 1. The van der Waals surface area contributed by atoms with Crippen LogP contribution in [0.4, 0.5) is 0 Å². The van der Waals surface area contributed by atoms with Crippen molar-refractivity contribution in [2.24, 2.45) is 7.05 Å². The highest BCUT2D eigenvalue weighted by molar-refractivity contribution is 6.21. The molecule has 68 valence electrons. The maximum absolute atomic E-state index is 6.08. The molecular weight excluding hydrogens is 182 g/mol. The molecule has 1 aromatic carbocycles. The van der Waals surface area contributed by atoms with Crippen molar-refractivity contribution >= 4 is 22.5 Å². The Bertz CT molecular complexity index is 429. The number of rotatable bonds is 1. The van der Waals surface area contributed by atoms with Crippen molar-refractivity contribution in [3.63, 3.8) is 0 Å². The molecule has 2 aromatic rings. The fourth-order valence-electron chi connectivity index (χ4n) is 1.69. The number of alkyl halides is 1. The summed E-state index contributed by atoms with van der Waals surface area (Å²) in [5.41, 5.74) is 2.45. The van der Waals surface area contributed by atoms with Crippen molar-refractivity contribution in [1.82, 2.24) is 4.57 Å². The van der Waals surface area contributed by atoms with Gasteiger partial charge in [0.1, 0.15) is 0 Å². The number of para-hydroxylation sites is 1. The Hall–Kier alpha value is -0.950. The van der Waals surface area contributed by atoms with Gasteiger partial charge in [0.15, 0.2) is 0 Å². The smallest absolute Gasteiger partial charge is 0.0578 e. The van der Waals surface area contributed by atoms with Gasteiger partial charge in [-0.25, -0.2) is 0 Å². The first-order chi connectivity index (χ1) is 6.20. The minimum Gasteiger partial charge on any atom is -0.350 e. The molecule has 1 unspecified atom stereocenters. The average molecular weight is 194 g/mol. The Morgan fingerprint density at radius 2 is 2.00 bits per heavy atom. The molecule has 0 aliphatic carbocycles. The van der Waals surface area contributed by atoms with Crippen LogP contribution < -0.4 is 0 Å². The van der Waals surface area contributed by atoms with E-state index in [0.717, 1.165) is 0 Å². The minimum atomic E-state index is 0.0751. The molecule has 1 nitrogen and oxygen atoms in total. The molecule has 0 amide bonds. The first-order valence-electron chi connectivity index (χ1n) is 4.38. The fraction of sp³-hybridized carbons (Fsp3) is 0.273. The topological polar surface area (TPSA) is 4.93 Å². The number of hydrogen-bond acceptors (Lipinski definition) is 0. The Balaban J connectivity index is 2.78. The predicted octanol–water partition coefficient (Wildman–Crippen LogP) is 3.48. The van der Waals surface area contributed by atoms with Crippen molar-refractivity contribution in [1.29, 1.82) is 0 Å². The zero-order valence-corrected chi connectivity index (χ0v) is 8.55. The normalized spacial score (nSPS) is 13.5. The maximum Gasteiger partial charge on any atom is 0.0578 e. The summed E-state index contributed by atoms with van der Waals surface area (Å²) < 4.78 is 2.11. The van der Waals surface area contributed by atoms with E-state index in [4.69, 9.17) is 11.6 Å². The average Bonchev–Trinajstić information content (AvgIpc) is 2.45. The number of aryl methyl sites for hydroxylation is 1. The van der Waals surface area contributed by atoms with E-state index in [-0.39, 0.29) is 5.38 Å². The lowest BCUT2D eigenvalue weighted by molar-refractivity contribution is 0.949. The zero-order valence-electron chi connectivity index (χ0n) is 7.79. The molecule has 0 saturated carbocycles. The summed E-state index contributed by atoms with van der Waals surface area (Å²) >= 11 is 6.08. The van der Waals surface area contributed by atoms with Gasteiger partial charge in [0.05, 0.1) is 5.38 Å². The summed E-state index contributed by atoms with van der Waals surface area (Å²) in [6, 6.07) is 8.32. The van der Waals surface area contributed by atoms with Crippen LogP contribution in [-0.4, -0.2) is 4.57 Å². The van der Waals surface area contributed by atoms with E-state index in [2.05, 4.69) is 22.9 Å². The molecule has 0 saturated heterocycles. The van der Waals surface area contributed by atoms with Crippen LogP contribution in [0, 0.1) is 0 Å². The third-order valence-electron chi connectivity index (χ3n) is 2.36. The van der Waals surface area contributed by atoms with Crippen LogP contribution in [0.3, 0.4) is 0 Å². The molecule has 0 aliphatic heterocycles. The van der Waals surface area contributed by atoms with Gasteiger partial charge in [0, 0.05) is 24.1 Å². The Morgan fingerprint density at radius 3 is 2.69 bits per heavy atom. The fourth-order valence-corrected chi connectivity index (χ4v) is 1.86. The van der Waals surface area contributed by atoms with E-state index < -0.39 is 0 Å². The highest BCUT2D eigenvalue weighted by Crippen LogP contribution is 2.28. The third-order valence-corrected chi connectivity index (χ3v) is 2.59. The molecular formula is C11H12ClN. The lowest BCUT2D eigenvalue weighted by atomic mass is 10.1. The predicted molar refractivity (Wildman–Crippen MR) is 57.2 cm³/mol. The maximum atomic E-state index is 6.08. The molecule has 0 bridgehead atoms. The van der Waals surface area contributed by atoms with Gasteiger partial charge in [-0.15, -0.1) is 11.6 Å². The van der Waals surface area contributed by atoms with Crippen molar-refractivity contribution in [3.8, 4) is 0 Å². The summed E-state index contributed by atoms with van der Waals surface area (Å²) in [5, 5.41) is 1.33. The van der Waals surface area contributed by atoms with Gasteiger partial charge < -0.3 is 4.57 Å². The quantitative estimate of drug-likeness (QED) is 0.612. The number of fused-ring (bicyclic) bond motifs is 1. The molecule has 2 rings (SSSR count). The van der Waals surface area contributed by atoms with Crippen LogP contribution in [-0.2, 0) is 7.05 Å². The van der Waals surface area contributed by atoms with Gasteiger partial charge in [-0.05, 0) is 18.6 Å². The van der Waals surface area contributed by atoms with Crippen LogP contribution in [0.1, 0.15) is 17.9 Å². The number of nitrogens with zero attached hydrogens (tertiary/aromatic N) is 1. The molecule has 0 fully saturated rings. The summed E-state index contributed by atoms with van der Waals surface area (Å²) in [4.78, 5) is 0. The van der Waals surface area contributed by atoms with Gasteiger partial charge in [-0.1, -0.05) is 18.2 Å². The second kappa shape index (κ2) is 3.08. The number of hydrogen-bond donors (Lipinski definition) is 0. The van der Waals surface area contributed by atoms with Gasteiger partial charge in [0.25, 0.3) is 0 Å². The Kier molecular flexibility index (Phi) is 2.04. The van der Waals surface area contributed by atoms with E-state index in [1.54, 1.807) is 0 Å². The summed E-state index contributed by atoms with van der Waals surface area (Å²) in [7, 11) is 2.05. The molecule has 0 spiro atoms. The summed E-state index contributed by atoms with van der Waals surface area (Å²) in [6.07, 6.45) is 2.10. The van der Waals surface area contributed by atoms with Crippen LogP contribution in [0.15, 0.2) is 30.5 Å². The molecule has 0 N–H and O–H groups in total. The van der Waals surface area contributed by atoms with Gasteiger partial charge >= 0.3 is 0 Å². The summed E-state index contributed by atoms with van der Waals surface area (Å²) in [5.74, 6) is 0. The van der Waals surface area contributed by atoms with E-state index >= 15 is 0 Å². The molecule has 0 radical (unpaired) electrons. The minimum absolute atomic E-state index is 0.0751. The zero-order chi connectivity index (χ0) is 9.42. The SMILES string of the molecule is CC(Cl)c1cn(C)c2ccccc12. The van der Waals surface area contributed by atoms with Crippen LogP contribution >= 0.6 is 11.6 Å². The van der Waals surface area contributed by atoms with Crippen molar-refractivity contribution in [2.75, 3.05) is 0 Å². The van der Waals surface area contributed by atoms with E-state index in [9.17, 15) is 0 Å². The van der Waals surface area contributed by atoms with Crippen molar-refractivity contribution < 1.29 is 0 Å². The Labute approximate surface area is 82.9 Å². The lowest BCUT2D eigenvalue weighted by Crippen LogP contribution is -1.82. The van der Waals surface area contributed by atoms with Gasteiger partial charge in [-0.2, -0.15) is 0 Å². The van der Waals surface area contributed by atoms with Crippen molar-refractivity contribution in [3.05, 3.63) is 36.0 Å².